The number of carbonyl (C=O) groups is 2. The first-order chi connectivity index (χ1) is 14.9. The monoisotopic (exact) mass is 438 g/mol. The molecule has 0 aromatic carbocycles. The summed E-state index contributed by atoms with van der Waals surface area (Å²) in [6, 6.07) is 0. The first-order valence-corrected chi connectivity index (χ1v) is 13.5. The van der Waals surface area contributed by atoms with Crippen LogP contribution in [0.4, 0.5) is 0 Å². The highest BCUT2D eigenvalue weighted by Gasteiger charge is 2.70. The van der Waals surface area contributed by atoms with Gasteiger partial charge in [-0.15, -0.1) is 0 Å². The molecule has 5 rings (SSSR count). The van der Waals surface area contributed by atoms with Crippen LogP contribution in [0.15, 0.2) is 12.2 Å². The van der Waals surface area contributed by atoms with Gasteiger partial charge >= 0.3 is 0 Å². The van der Waals surface area contributed by atoms with Crippen molar-refractivity contribution in [1.82, 2.24) is 0 Å². The zero-order valence-electron chi connectivity index (χ0n) is 21.6. The molecule has 0 bridgehead atoms. The topological polar surface area (TPSA) is 34.1 Å². The molecule has 0 unspecified atom stereocenters. The molecule has 0 spiro atoms. The van der Waals surface area contributed by atoms with Gasteiger partial charge in [-0.3, -0.25) is 4.79 Å². The lowest BCUT2D eigenvalue weighted by Gasteiger charge is -2.72. The standard InChI is InChI=1S/C30H46O2/c1-19(2)20-10-15-30(18-31)17-16-28(6)21(25(20)30)8-9-23-27(5)13-12-24(32)26(3,4)22(27)11-14-29(23,28)7/h18,20-23,25H,1,8-17H2,2-7H3/t20-,21+,22+,23-,25+,27-,28-,29+,30+/m1/s1. The van der Waals surface area contributed by atoms with E-state index >= 15 is 0 Å². The van der Waals surface area contributed by atoms with Crippen LogP contribution in [0.2, 0.25) is 0 Å². The highest BCUT2D eigenvalue weighted by atomic mass is 16.1. The van der Waals surface area contributed by atoms with Crippen LogP contribution in [0.5, 0.6) is 0 Å². The minimum Gasteiger partial charge on any atom is -0.303 e. The number of rotatable bonds is 2. The van der Waals surface area contributed by atoms with Crippen molar-refractivity contribution >= 4 is 12.1 Å². The van der Waals surface area contributed by atoms with Crippen LogP contribution in [0.25, 0.3) is 0 Å². The van der Waals surface area contributed by atoms with E-state index in [9.17, 15) is 9.59 Å². The molecule has 0 heterocycles. The molecule has 2 nitrogen and oxygen atoms in total. The Balaban J connectivity index is 1.56. The van der Waals surface area contributed by atoms with E-state index in [4.69, 9.17) is 0 Å². The second-order valence-corrected chi connectivity index (χ2v) is 14.2. The zero-order valence-corrected chi connectivity index (χ0v) is 21.6. The molecule has 5 aliphatic carbocycles. The van der Waals surface area contributed by atoms with Crippen LogP contribution in [-0.2, 0) is 9.59 Å². The quantitative estimate of drug-likeness (QED) is 0.332. The highest BCUT2D eigenvalue weighted by Crippen LogP contribution is 2.77. The molecule has 0 aromatic heterocycles. The number of aldehydes is 1. The van der Waals surface area contributed by atoms with Gasteiger partial charge in [0.25, 0.3) is 0 Å². The molecule has 0 saturated heterocycles. The minimum absolute atomic E-state index is 0.0999. The van der Waals surface area contributed by atoms with Gasteiger partial charge in [0, 0.05) is 17.3 Å². The fourth-order valence-corrected chi connectivity index (χ4v) is 11.2. The van der Waals surface area contributed by atoms with E-state index < -0.39 is 0 Å². The Hall–Kier alpha value is -0.920. The van der Waals surface area contributed by atoms with Crippen LogP contribution in [0, 0.1) is 56.7 Å². The first-order valence-electron chi connectivity index (χ1n) is 13.5. The van der Waals surface area contributed by atoms with Crippen molar-refractivity contribution < 1.29 is 9.59 Å². The molecule has 5 saturated carbocycles. The SMILES string of the molecule is C=C(C)[C@H]1CC[C@@]2(C=O)CC[C@]3(C)[C@@H](CC[C@@H]4[C@]5(C)CCC(=O)C(C)(C)[C@@H]5CC[C@@]43C)[C@H]12. The molecule has 5 fully saturated rings. The third kappa shape index (κ3) is 2.54. The largest absolute Gasteiger partial charge is 0.303 e. The smallest absolute Gasteiger partial charge is 0.138 e. The number of hydrogen-bond acceptors (Lipinski definition) is 2. The third-order valence-electron chi connectivity index (χ3n) is 13.1. The maximum absolute atomic E-state index is 12.9. The van der Waals surface area contributed by atoms with Gasteiger partial charge in [-0.25, -0.2) is 0 Å². The highest BCUT2D eigenvalue weighted by molar-refractivity contribution is 5.85. The number of hydrogen-bond donors (Lipinski definition) is 0. The van der Waals surface area contributed by atoms with Gasteiger partial charge in [0.2, 0.25) is 0 Å². The lowest BCUT2D eigenvalue weighted by atomic mass is 9.32. The van der Waals surface area contributed by atoms with E-state index in [1.54, 1.807) is 0 Å². The molecule has 0 aliphatic heterocycles. The van der Waals surface area contributed by atoms with E-state index in [0.29, 0.717) is 40.8 Å². The first kappa shape index (κ1) is 22.9. The molecule has 0 amide bonds. The molecule has 9 atom stereocenters. The molecule has 0 radical (unpaired) electrons. The van der Waals surface area contributed by atoms with E-state index in [2.05, 4.69) is 48.1 Å². The van der Waals surface area contributed by atoms with Crippen molar-refractivity contribution in [2.75, 3.05) is 0 Å². The number of fused-ring (bicyclic) bond motifs is 7. The molecular formula is C30H46O2. The van der Waals surface area contributed by atoms with Gasteiger partial charge in [-0.1, -0.05) is 46.8 Å². The van der Waals surface area contributed by atoms with E-state index in [1.807, 2.05) is 0 Å². The average Bonchev–Trinajstić information content (AvgIpc) is 3.12. The number of allylic oxidation sites excluding steroid dienone is 1. The van der Waals surface area contributed by atoms with Crippen molar-refractivity contribution in [2.24, 2.45) is 56.7 Å². The van der Waals surface area contributed by atoms with Gasteiger partial charge in [0.15, 0.2) is 0 Å². The summed E-state index contributed by atoms with van der Waals surface area (Å²) in [5, 5.41) is 0. The summed E-state index contributed by atoms with van der Waals surface area (Å²) in [6.07, 6.45) is 12.7. The van der Waals surface area contributed by atoms with E-state index in [-0.39, 0.29) is 21.7 Å². The summed E-state index contributed by atoms with van der Waals surface area (Å²) in [5.74, 6) is 3.34. The Kier molecular flexibility index (Phi) is 4.87. The van der Waals surface area contributed by atoms with Crippen LogP contribution in [0.1, 0.15) is 106 Å². The molecule has 2 heteroatoms. The molecule has 0 aromatic rings. The summed E-state index contributed by atoms with van der Waals surface area (Å²) in [6.45, 7) is 18.9. The number of Topliss-reactive ketones (excluding diaryl/α,β-unsaturated/α-hetero) is 1. The van der Waals surface area contributed by atoms with Gasteiger partial charge < -0.3 is 4.79 Å². The fourth-order valence-electron chi connectivity index (χ4n) is 11.2. The third-order valence-corrected chi connectivity index (χ3v) is 13.1. The van der Waals surface area contributed by atoms with Crippen molar-refractivity contribution in [2.45, 2.75) is 106 Å². The summed E-state index contributed by atoms with van der Waals surface area (Å²) in [5.41, 5.74) is 1.87. The lowest BCUT2D eigenvalue weighted by Crippen LogP contribution is -2.66. The van der Waals surface area contributed by atoms with Gasteiger partial charge in [0.1, 0.15) is 12.1 Å². The number of ketones is 1. The van der Waals surface area contributed by atoms with Gasteiger partial charge in [-0.2, -0.15) is 0 Å². The van der Waals surface area contributed by atoms with Crippen LogP contribution in [-0.4, -0.2) is 12.1 Å². The van der Waals surface area contributed by atoms with Gasteiger partial charge in [0.05, 0.1) is 0 Å². The predicted molar refractivity (Wildman–Crippen MR) is 130 cm³/mol. The van der Waals surface area contributed by atoms with E-state index in [1.165, 1.54) is 44.0 Å². The summed E-state index contributed by atoms with van der Waals surface area (Å²) in [7, 11) is 0. The predicted octanol–water partition coefficient (Wildman–Crippen LogP) is 7.41. The average molecular weight is 439 g/mol. The molecule has 32 heavy (non-hydrogen) atoms. The fraction of sp³-hybridized carbons (Fsp3) is 0.867. The van der Waals surface area contributed by atoms with Crippen molar-refractivity contribution in [3.05, 3.63) is 12.2 Å². The Morgan fingerprint density at radius 1 is 0.875 bits per heavy atom. The minimum atomic E-state index is -0.179. The Morgan fingerprint density at radius 3 is 2.25 bits per heavy atom. The second-order valence-electron chi connectivity index (χ2n) is 14.2. The summed E-state index contributed by atoms with van der Waals surface area (Å²) >= 11 is 0. The molecular weight excluding hydrogens is 392 g/mol. The van der Waals surface area contributed by atoms with Crippen LogP contribution >= 0.6 is 0 Å². The van der Waals surface area contributed by atoms with Crippen molar-refractivity contribution in [3.63, 3.8) is 0 Å². The summed E-state index contributed by atoms with van der Waals surface area (Å²) in [4.78, 5) is 25.4. The van der Waals surface area contributed by atoms with Crippen LogP contribution in [0.3, 0.4) is 0 Å². The maximum atomic E-state index is 12.9. The zero-order chi connectivity index (χ0) is 23.3. The van der Waals surface area contributed by atoms with Crippen molar-refractivity contribution in [3.8, 4) is 0 Å². The van der Waals surface area contributed by atoms with E-state index in [0.717, 1.165) is 32.1 Å². The van der Waals surface area contributed by atoms with Gasteiger partial charge in [-0.05, 0) is 111 Å². The lowest BCUT2D eigenvalue weighted by molar-refractivity contribution is -0.231. The van der Waals surface area contributed by atoms with Crippen molar-refractivity contribution in [1.29, 1.82) is 0 Å². The Bertz CT molecular complexity index is 855. The van der Waals surface area contributed by atoms with Crippen LogP contribution < -0.4 is 0 Å². The Labute approximate surface area is 196 Å². The molecule has 0 N–H and O–H groups in total. The summed E-state index contributed by atoms with van der Waals surface area (Å²) < 4.78 is 0. The maximum Gasteiger partial charge on any atom is 0.138 e. The second kappa shape index (κ2) is 6.82. The normalized spacial score (nSPS) is 54.1. The molecule has 178 valence electrons. The molecule has 5 aliphatic rings. The Morgan fingerprint density at radius 2 is 1.59 bits per heavy atom. The number of carbonyl (C=O) groups excluding carboxylic acids is 2.